The van der Waals surface area contributed by atoms with Gasteiger partial charge in [-0.2, -0.15) is 0 Å². The highest BCUT2D eigenvalue weighted by Crippen LogP contribution is 2.27. The van der Waals surface area contributed by atoms with Gasteiger partial charge in [0.2, 0.25) is 0 Å². The van der Waals surface area contributed by atoms with Gasteiger partial charge in [0.1, 0.15) is 5.75 Å². The molecule has 0 N–H and O–H groups in total. The molecule has 0 aliphatic rings. The number of benzene rings is 2. The lowest BCUT2D eigenvalue weighted by Gasteiger charge is -2.14. The van der Waals surface area contributed by atoms with Crippen molar-refractivity contribution in [3.05, 3.63) is 48.5 Å². The number of rotatable bonds is 19. The Hall–Kier alpha value is -1.94. The topological polar surface area (TPSA) is 35.5 Å². The summed E-state index contributed by atoms with van der Waals surface area (Å²) in [6, 6.07) is 16.7. The fourth-order valence-corrected chi connectivity index (χ4v) is 4.88. The van der Waals surface area contributed by atoms with E-state index in [1.54, 1.807) is 6.92 Å². The van der Waals surface area contributed by atoms with Crippen LogP contribution in [0.4, 0.5) is 0 Å². The zero-order valence-corrected chi connectivity index (χ0v) is 23.0. The Kier molecular flexibility index (Phi) is 15.4. The van der Waals surface area contributed by atoms with Crippen LogP contribution in [0.3, 0.4) is 0 Å². The van der Waals surface area contributed by atoms with E-state index in [0.29, 0.717) is 12.4 Å². The number of carbonyl (C=O) groups is 1. The van der Waals surface area contributed by atoms with Crippen molar-refractivity contribution >= 4 is 17.7 Å². The van der Waals surface area contributed by atoms with Crippen LogP contribution in [0.1, 0.15) is 97.8 Å². The molecule has 0 radical (unpaired) electrons. The summed E-state index contributed by atoms with van der Waals surface area (Å²) in [5.74, 6) is 1.57. The molecule has 0 heterocycles. The van der Waals surface area contributed by atoms with Crippen molar-refractivity contribution < 1.29 is 14.3 Å². The monoisotopic (exact) mass is 498 g/mol. The third kappa shape index (κ3) is 12.5. The zero-order valence-electron chi connectivity index (χ0n) is 22.2. The molecule has 0 saturated heterocycles. The lowest BCUT2D eigenvalue weighted by Crippen LogP contribution is -2.26. The third-order valence-electron chi connectivity index (χ3n) is 6.20. The highest BCUT2D eigenvalue weighted by atomic mass is 32.2. The molecule has 4 heteroatoms. The third-order valence-corrected chi connectivity index (χ3v) is 7.29. The average Bonchev–Trinajstić information content (AvgIpc) is 2.88. The molecule has 0 amide bonds. The molecule has 0 aliphatic carbocycles. The van der Waals surface area contributed by atoms with E-state index >= 15 is 0 Å². The number of hydrogen-bond donors (Lipinski definition) is 0. The molecule has 0 saturated carbocycles. The molecule has 0 aromatic heterocycles. The average molecular weight is 499 g/mol. The Labute approximate surface area is 218 Å². The minimum atomic E-state index is -0.607. The normalized spacial score (nSPS) is 11.9. The van der Waals surface area contributed by atoms with Crippen molar-refractivity contribution in [3.8, 4) is 16.9 Å². The standard InChI is InChI=1S/C31H46O3S/c1-4-6-8-9-10-11-12-13-15-25-35-30-22-18-28(19-23-30)27-16-20-29(21-17-27)34-26(3)31(32)33-24-14-7-5-2/h16-23,26H,4-15,24-25H2,1-3H3/t26-/m1/s1. The van der Waals surface area contributed by atoms with Gasteiger partial charge in [-0.1, -0.05) is 102 Å². The fourth-order valence-electron chi connectivity index (χ4n) is 3.97. The van der Waals surface area contributed by atoms with Gasteiger partial charge >= 0.3 is 5.97 Å². The number of carbonyl (C=O) groups excluding carboxylic acids is 1. The van der Waals surface area contributed by atoms with E-state index in [-0.39, 0.29) is 5.97 Å². The first-order valence-electron chi connectivity index (χ1n) is 13.8. The van der Waals surface area contributed by atoms with E-state index < -0.39 is 6.10 Å². The molecule has 2 aromatic carbocycles. The van der Waals surface area contributed by atoms with Gasteiger partial charge in [0.25, 0.3) is 0 Å². The Morgan fingerprint density at radius 3 is 1.83 bits per heavy atom. The minimum absolute atomic E-state index is 0.305. The van der Waals surface area contributed by atoms with Crippen LogP contribution in [-0.2, 0) is 9.53 Å². The molecule has 1 atom stereocenters. The van der Waals surface area contributed by atoms with Gasteiger partial charge in [0, 0.05) is 4.90 Å². The van der Waals surface area contributed by atoms with Crippen molar-refractivity contribution in [2.45, 2.75) is 109 Å². The van der Waals surface area contributed by atoms with Crippen LogP contribution < -0.4 is 4.74 Å². The van der Waals surface area contributed by atoms with E-state index in [4.69, 9.17) is 9.47 Å². The van der Waals surface area contributed by atoms with Gasteiger partial charge in [0.05, 0.1) is 6.61 Å². The van der Waals surface area contributed by atoms with E-state index in [1.165, 1.54) is 74.0 Å². The Morgan fingerprint density at radius 1 is 0.714 bits per heavy atom. The second kappa shape index (κ2) is 18.3. The van der Waals surface area contributed by atoms with E-state index in [1.807, 2.05) is 36.0 Å². The zero-order chi connectivity index (χ0) is 25.1. The van der Waals surface area contributed by atoms with E-state index in [2.05, 4.69) is 38.1 Å². The van der Waals surface area contributed by atoms with Crippen molar-refractivity contribution in [3.63, 3.8) is 0 Å². The molecule has 2 aromatic rings. The quantitative estimate of drug-likeness (QED) is 0.110. The maximum atomic E-state index is 12.1. The van der Waals surface area contributed by atoms with Crippen molar-refractivity contribution in [1.29, 1.82) is 0 Å². The molecule has 0 bridgehead atoms. The summed E-state index contributed by atoms with van der Waals surface area (Å²) >= 11 is 1.96. The second-order valence-corrected chi connectivity index (χ2v) is 10.5. The van der Waals surface area contributed by atoms with E-state index in [9.17, 15) is 4.79 Å². The summed E-state index contributed by atoms with van der Waals surface area (Å²) in [5.41, 5.74) is 2.33. The molecule has 0 unspecified atom stereocenters. The summed E-state index contributed by atoms with van der Waals surface area (Å²) in [6.07, 6.45) is 14.9. The van der Waals surface area contributed by atoms with Crippen LogP contribution in [0, 0.1) is 0 Å². The van der Waals surface area contributed by atoms with Crippen LogP contribution in [0.5, 0.6) is 5.75 Å². The van der Waals surface area contributed by atoms with Gasteiger partial charge in [-0.25, -0.2) is 4.79 Å². The lowest BCUT2D eigenvalue weighted by molar-refractivity contribution is -0.151. The Morgan fingerprint density at radius 2 is 1.23 bits per heavy atom. The number of hydrogen-bond acceptors (Lipinski definition) is 4. The second-order valence-electron chi connectivity index (χ2n) is 9.36. The largest absolute Gasteiger partial charge is 0.479 e. The Balaban J connectivity index is 1.67. The summed E-state index contributed by atoms with van der Waals surface area (Å²) in [7, 11) is 0. The van der Waals surface area contributed by atoms with Crippen LogP contribution in [0.25, 0.3) is 11.1 Å². The number of thioether (sulfide) groups is 1. The first kappa shape index (κ1) is 29.3. The van der Waals surface area contributed by atoms with Crippen molar-refractivity contribution in [2.24, 2.45) is 0 Å². The van der Waals surface area contributed by atoms with Gasteiger partial charge in [0.15, 0.2) is 6.10 Å². The van der Waals surface area contributed by atoms with Crippen LogP contribution >= 0.6 is 11.8 Å². The first-order chi connectivity index (χ1) is 17.1. The molecule has 35 heavy (non-hydrogen) atoms. The molecule has 0 aliphatic heterocycles. The first-order valence-corrected chi connectivity index (χ1v) is 14.8. The molecule has 0 fully saturated rings. The van der Waals surface area contributed by atoms with Crippen molar-refractivity contribution in [2.75, 3.05) is 12.4 Å². The SMILES string of the molecule is CCCCCCCCCCCSc1ccc(-c2ccc(O[C@H](C)C(=O)OCCCCC)cc2)cc1. The maximum absolute atomic E-state index is 12.1. The summed E-state index contributed by atoms with van der Waals surface area (Å²) < 4.78 is 11.1. The smallest absolute Gasteiger partial charge is 0.347 e. The van der Waals surface area contributed by atoms with E-state index in [0.717, 1.165) is 24.8 Å². The number of unbranched alkanes of at least 4 members (excludes halogenated alkanes) is 10. The maximum Gasteiger partial charge on any atom is 0.347 e. The summed E-state index contributed by atoms with van der Waals surface area (Å²) in [6.45, 7) is 6.61. The minimum Gasteiger partial charge on any atom is -0.479 e. The van der Waals surface area contributed by atoms with Gasteiger partial charge in [-0.05, 0) is 60.9 Å². The molecule has 0 spiro atoms. The number of esters is 1. The van der Waals surface area contributed by atoms with Gasteiger partial charge in [-0.15, -0.1) is 11.8 Å². The predicted molar refractivity (Wildman–Crippen MR) is 150 cm³/mol. The van der Waals surface area contributed by atoms with Crippen LogP contribution in [0.2, 0.25) is 0 Å². The molecular formula is C31H46O3S. The van der Waals surface area contributed by atoms with Crippen LogP contribution in [-0.4, -0.2) is 24.4 Å². The Bertz CT molecular complexity index is 801. The molecular weight excluding hydrogens is 452 g/mol. The van der Waals surface area contributed by atoms with Crippen molar-refractivity contribution in [1.82, 2.24) is 0 Å². The number of ether oxygens (including phenoxy) is 2. The fraction of sp³-hybridized carbons (Fsp3) is 0.581. The summed E-state index contributed by atoms with van der Waals surface area (Å²) in [5, 5.41) is 0. The van der Waals surface area contributed by atoms with Gasteiger partial charge in [-0.3, -0.25) is 0 Å². The highest BCUT2D eigenvalue weighted by Gasteiger charge is 2.16. The molecule has 2 rings (SSSR count). The van der Waals surface area contributed by atoms with Crippen LogP contribution in [0.15, 0.2) is 53.4 Å². The highest BCUT2D eigenvalue weighted by molar-refractivity contribution is 7.99. The lowest BCUT2D eigenvalue weighted by atomic mass is 10.1. The molecule has 3 nitrogen and oxygen atoms in total. The van der Waals surface area contributed by atoms with Gasteiger partial charge < -0.3 is 9.47 Å². The molecule has 194 valence electrons. The summed E-state index contributed by atoms with van der Waals surface area (Å²) in [4.78, 5) is 13.4. The predicted octanol–water partition coefficient (Wildman–Crippen LogP) is 9.48.